The Morgan fingerprint density at radius 2 is 2.25 bits per heavy atom. The molecule has 1 aliphatic rings. The van der Waals surface area contributed by atoms with E-state index < -0.39 is 5.91 Å². The maximum Gasteiger partial charge on any atom is 0.312 e. The third kappa shape index (κ3) is 0.804. The molecule has 0 bridgehead atoms. The van der Waals surface area contributed by atoms with Gasteiger partial charge in [0.25, 0.3) is 0 Å². The average molecular weight is 111 g/mol. The number of hydrogen-bond donors (Lipinski definition) is 0. The van der Waals surface area contributed by atoms with Gasteiger partial charge in [0.15, 0.2) is 0 Å². The number of nitrogens with zero attached hydrogens (tertiary/aromatic N) is 1. The van der Waals surface area contributed by atoms with E-state index >= 15 is 0 Å². The maximum absolute atomic E-state index is 10.3. The second-order valence-corrected chi connectivity index (χ2v) is 1.58. The van der Waals surface area contributed by atoms with Crippen LogP contribution in [0.3, 0.4) is 0 Å². The van der Waals surface area contributed by atoms with E-state index in [0.29, 0.717) is 12.8 Å². The van der Waals surface area contributed by atoms with Crippen LogP contribution < -0.4 is 0 Å². The standard InChI is InChI=1S/C5H5NO2/c7-4-2-1-3-6-5(4)8/h3H,1-2H2. The lowest BCUT2D eigenvalue weighted by atomic mass is 10.2. The molecule has 0 radical (unpaired) electrons. The molecule has 1 heterocycles. The fraction of sp³-hybridized carbons (Fsp3) is 0.400. The van der Waals surface area contributed by atoms with Crippen molar-refractivity contribution in [1.82, 2.24) is 0 Å². The van der Waals surface area contributed by atoms with Crippen molar-refractivity contribution in [1.29, 1.82) is 0 Å². The van der Waals surface area contributed by atoms with Gasteiger partial charge in [-0.05, 0) is 6.42 Å². The zero-order valence-electron chi connectivity index (χ0n) is 4.26. The summed E-state index contributed by atoms with van der Waals surface area (Å²) < 4.78 is 0. The van der Waals surface area contributed by atoms with E-state index in [1.807, 2.05) is 0 Å². The molecule has 1 amide bonds. The number of rotatable bonds is 0. The van der Waals surface area contributed by atoms with Crippen LogP contribution in [0.5, 0.6) is 0 Å². The first-order valence-electron chi connectivity index (χ1n) is 2.40. The third-order valence-corrected chi connectivity index (χ3v) is 0.948. The molecule has 0 aromatic carbocycles. The molecule has 1 aliphatic heterocycles. The Kier molecular flexibility index (Phi) is 1.20. The summed E-state index contributed by atoms with van der Waals surface area (Å²) in [5.41, 5.74) is 0. The summed E-state index contributed by atoms with van der Waals surface area (Å²) in [5, 5.41) is 0. The third-order valence-electron chi connectivity index (χ3n) is 0.948. The highest BCUT2D eigenvalue weighted by Crippen LogP contribution is 1.96. The molecule has 42 valence electrons. The van der Waals surface area contributed by atoms with Crippen LogP contribution in [0.2, 0.25) is 0 Å². The summed E-state index contributed by atoms with van der Waals surface area (Å²) in [6, 6.07) is 0. The Hall–Kier alpha value is -0.990. The molecule has 0 saturated carbocycles. The van der Waals surface area contributed by atoms with Crippen LogP contribution in [-0.2, 0) is 9.59 Å². The number of aliphatic imine (C=N–C) groups is 1. The summed E-state index contributed by atoms with van der Waals surface area (Å²) >= 11 is 0. The molecular weight excluding hydrogens is 106 g/mol. The van der Waals surface area contributed by atoms with Gasteiger partial charge in [-0.3, -0.25) is 9.59 Å². The quantitative estimate of drug-likeness (QED) is 0.411. The van der Waals surface area contributed by atoms with Crippen molar-refractivity contribution in [2.75, 3.05) is 0 Å². The zero-order valence-corrected chi connectivity index (χ0v) is 4.26. The van der Waals surface area contributed by atoms with Gasteiger partial charge in [-0.15, -0.1) is 0 Å². The highest BCUT2D eigenvalue weighted by atomic mass is 16.2. The van der Waals surface area contributed by atoms with Crippen molar-refractivity contribution < 1.29 is 9.59 Å². The summed E-state index contributed by atoms with van der Waals surface area (Å²) in [6.45, 7) is 0. The van der Waals surface area contributed by atoms with Gasteiger partial charge in [0.05, 0.1) is 0 Å². The normalized spacial score (nSPS) is 19.5. The fourth-order valence-electron chi connectivity index (χ4n) is 0.522. The van der Waals surface area contributed by atoms with Gasteiger partial charge in [0, 0.05) is 12.6 Å². The van der Waals surface area contributed by atoms with E-state index in [1.165, 1.54) is 6.21 Å². The molecule has 8 heavy (non-hydrogen) atoms. The van der Waals surface area contributed by atoms with Gasteiger partial charge >= 0.3 is 5.91 Å². The summed E-state index contributed by atoms with van der Waals surface area (Å²) in [7, 11) is 0. The largest absolute Gasteiger partial charge is 0.312 e. The SMILES string of the molecule is O=C1CCC=NC1=O. The van der Waals surface area contributed by atoms with Gasteiger partial charge in [-0.1, -0.05) is 0 Å². The number of carbonyl (C=O) groups is 2. The molecule has 3 nitrogen and oxygen atoms in total. The highest BCUT2D eigenvalue weighted by molar-refractivity contribution is 6.38. The van der Waals surface area contributed by atoms with Gasteiger partial charge in [0.2, 0.25) is 5.78 Å². The Bertz CT molecular complexity index is 160. The summed E-state index contributed by atoms with van der Waals surface area (Å²) in [5.74, 6) is -0.969. The monoisotopic (exact) mass is 111 g/mol. The molecule has 0 aromatic heterocycles. The molecule has 0 aliphatic carbocycles. The van der Waals surface area contributed by atoms with Crippen molar-refractivity contribution in [2.45, 2.75) is 12.8 Å². The minimum Gasteiger partial charge on any atom is -0.289 e. The molecule has 0 atom stereocenters. The Morgan fingerprint density at radius 3 is 2.62 bits per heavy atom. The molecule has 0 fully saturated rings. The molecular formula is C5H5NO2. The molecule has 1 rings (SSSR count). The number of ketones is 1. The lowest BCUT2D eigenvalue weighted by Crippen LogP contribution is -2.14. The minimum atomic E-state index is -0.601. The van der Waals surface area contributed by atoms with E-state index in [4.69, 9.17) is 0 Å². The fourth-order valence-corrected chi connectivity index (χ4v) is 0.522. The van der Waals surface area contributed by atoms with Crippen LogP contribution in [-0.4, -0.2) is 17.9 Å². The average Bonchev–Trinajstić information content (AvgIpc) is 1.77. The van der Waals surface area contributed by atoms with E-state index in [0.717, 1.165) is 0 Å². The number of carbonyl (C=O) groups excluding carboxylic acids is 2. The maximum atomic E-state index is 10.3. The zero-order chi connectivity index (χ0) is 5.98. The predicted molar refractivity (Wildman–Crippen MR) is 27.7 cm³/mol. The lowest BCUT2D eigenvalue weighted by molar-refractivity contribution is -0.136. The predicted octanol–water partition coefficient (Wildman–Crippen LogP) is -0.0533. The highest BCUT2D eigenvalue weighted by Gasteiger charge is 2.13. The van der Waals surface area contributed by atoms with Crippen molar-refractivity contribution in [3.63, 3.8) is 0 Å². The second-order valence-electron chi connectivity index (χ2n) is 1.58. The number of amides is 1. The molecule has 0 aromatic rings. The van der Waals surface area contributed by atoms with Crippen LogP contribution in [0.4, 0.5) is 0 Å². The van der Waals surface area contributed by atoms with Crippen molar-refractivity contribution in [3.05, 3.63) is 0 Å². The Morgan fingerprint density at radius 1 is 1.50 bits per heavy atom. The minimum absolute atomic E-state index is 0.336. The summed E-state index contributed by atoms with van der Waals surface area (Å²) in [4.78, 5) is 23.9. The van der Waals surface area contributed by atoms with Crippen molar-refractivity contribution >= 4 is 17.9 Å². The van der Waals surface area contributed by atoms with Crippen LogP contribution in [0.1, 0.15) is 12.8 Å². The first-order valence-corrected chi connectivity index (χ1v) is 2.40. The molecule has 0 unspecified atom stereocenters. The van der Waals surface area contributed by atoms with E-state index in [-0.39, 0.29) is 5.78 Å². The van der Waals surface area contributed by atoms with Crippen molar-refractivity contribution in [2.24, 2.45) is 4.99 Å². The van der Waals surface area contributed by atoms with E-state index in [1.54, 1.807) is 0 Å². The smallest absolute Gasteiger partial charge is 0.289 e. The molecule has 0 saturated heterocycles. The number of hydrogen-bond acceptors (Lipinski definition) is 2. The molecule has 3 heteroatoms. The van der Waals surface area contributed by atoms with Crippen LogP contribution >= 0.6 is 0 Å². The Balaban J connectivity index is 2.75. The van der Waals surface area contributed by atoms with E-state index in [2.05, 4.69) is 4.99 Å². The van der Waals surface area contributed by atoms with Gasteiger partial charge < -0.3 is 0 Å². The lowest BCUT2D eigenvalue weighted by Gasteiger charge is -1.95. The Labute approximate surface area is 46.4 Å². The topological polar surface area (TPSA) is 46.5 Å². The van der Waals surface area contributed by atoms with Crippen LogP contribution in [0.15, 0.2) is 4.99 Å². The van der Waals surface area contributed by atoms with Gasteiger partial charge in [-0.2, -0.15) is 0 Å². The first-order chi connectivity index (χ1) is 3.80. The number of Topliss-reactive ketones (excluding diaryl/α,β-unsaturated/α-hetero) is 1. The second kappa shape index (κ2) is 1.86. The van der Waals surface area contributed by atoms with Crippen molar-refractivity contribution in [3.8, 4) is 0 Å². The summed E-state index contributed by atoms with van der Waals surface area (Å²) in [6.07, 6.45) is 2.43. The van der Waals surface area contributed by atoms with E-state index in [9.17, 15) is 9.59 Å². The molecule has 0 spiro atoms. The van der Waals surface area contributed by atoms with Crippen LogP contribution in [0.25, 0.3) is 0 Å². The van der Waals surface area contributed by atoms with Crippen LogP contribution in [0, 0.1) is 0 Å². The van der Waals surface area contributed by atoms with Gasteiger partial charge in [-0.25, -0.2) is 4.99 Å². The van der Waals surface area contributed by atoms with Gasteiger partial charge in [0.1, 0.15) is 0 Å². The first kappa shape index (κ1) is 5.15. The molecule has 0 N–H and O–H groups in total.